The van der Waals surface area contributed by atoms with Crippen LogP contribution in [0, 0.1) is 10.1 Å². The summed E-state index contributed by atoms with van der Waals surface area (Å²) in [5.41, 5.74) is 3.14. The molecule has 31 heavy (non-hydrogen) atoms. The zero-order chi connectivity index (χ0) is 22.0. The van der Waals surface area contributed by atoms with Crippen molar-refractivity contribution in [1.29, 1.82) is 0 Å². The van der Waals surface area contributed by atoms with Crippen LogP contribution in [-0.2, 0) is 4.79 Å². The van der Waals surface area contributed by atoms with Crippen LogP contribution < -0.4 is 5.32 Å². The lowest BCUT2D eigenvalue weighted by atomic mass is 10.1. The maximum absolute atomic E-state index is 12.4. The largest absolute Gasteiger partial charge is 0.338 e. The number of anilines is 1. The molecule has 0 radical (unpaired) electrons. The molecule has 154 valence electrons. The minimum atomic E-state index is -0.580. The lowest BCUT2D eigenvalue weighted by molar-refractivity contribution is -0.384. The number of nitro benzene ring substituents is 1. The van der Waals surface area contributed by atoms with Gasteiger partial charge in [0.1, 0.15) is 10.8 Å². The van der Waals surface area contributed by atoms with E-state index in [1.165, 1.54) is 24.3 Å². The van der Waals surface area contributed by atoms with Crippen molar-refractivity contribution in [2.24, 2.45) is 0 Å². The van der Waals surface area contributed by atoms with Gasteiger partial charge in [0.2, 0.25) is 5.91 Å². The van der Waals surface area contributed by atoms with E-state index in [4.69, 9.17) is 23.2 Å². The fourth-order valence-electron chi connectivity index (χ4n) is 2.98. The van der Waals surface area contributed by atoms with Crippen LogP contribution in [0.5, 0.6) is 0 Å². The van der Waals surface area contributed by atoms with Crippen molar-refractivity contribution in [2.75, 3.05) is 5.32 Å². The molecule has 0 fully saturated rings. The number of nitro groups is 1. The normalized spacial score (nSPS) is 11.2. The Kier molecular flexibility index (Phi) is 5.70. The quantitative estimate of drug-likeness (QED) is 0.217. The molecule has 4 rings (SSSR count). The van der Waals surface area contributed by atoms with Crippen molar-refractivity contribution in [3.8, 4) is 11.4 Å². The van der Waals surface area contributed by atoms with Crippen molar-refractivity contribution >= 4 is 57.6 Å². The highest BCUT2D eigenvalue weighted by atomic mass is 35.5. The number of H-pyrrole nitrogens is 1. The molecular weight excluding hydrogens is 439 g/mol. The van der Waals surface area contributed by atoms with Crippen LogP contribution in [0.2, 0.25) is 10.0 Å². The Morgan fingerprint density at radius 2 is 1.84 bits per heavy atom. The summed E-state index contributed by atoms with van der Waals surface area (Å²) in [6, 6.07) is 17.1. The molecule has 0 atom stereocenters. The lowest BCUT2D eigenvalue weighted by Crippen LogP contribution is -2.08. The molecule has 2 N–H and O–H groups in total. The number of rotatable bonds is 5. The number of fused-ring (bicyclic) bond motifs is 1. The van der Waals surface area contributed by atoms with Crippen molar-refractivity contribution in [3.05, 3.63) is 92.5 Å². The van der Waals surface area contributed by atoms with Gasteiger partial charge in [-0.05, 0) is 48.0 Å². The summed E-state index contributed by atoms with van der Waals surface area (Å²) >= 11 is 12.0. The molecule has 1 heterocycles. The Bertz CT molecular complexity index is 1310. The minimum Gasteiger partial charge on any atom is -0.338 e. The summed E-state index contributed by atoms with van der Waals surface area (Å²) in [4.78, 5) is 30.6. The number of carbonyl (C=O) groups is 1. The number of benzene rings is 3. The van der Waals surface area contributed by atoms with Crippen LogP contribution in [0.15, 0.2) is 66.7 Å². The number of hydrogen-bond donors (Lipinski definition) is 2. The van der Waals surface area contributed by atoms with E-state index in [9.17, 15) is 14.9 Å². The van der Waals surface area contributed by atoms with Crippen LogP contribution in [0.25, 0.3) is 28.5 Å². The summed E-state index contributed by atoms with van der Waals surface area (Å²) in [5.74, 6) is 0.207. The summed E-state index contributed by atoms with van der Waals surface area (Å²) < 4.78 is 0. The third-order valence-corrected chi connectivity index (χ3v) is 5.13. The monoisotopic (exact) mass is 452 g/mol. The van der Waals surface area contributed by atoms with E-state index >= 15 is 0 Å². The van der Waals surface area contributed by atoms with Crippen LogP contribution in [0.1, 0.15) is 5.56 Å². The summed E-state index contributed by atoms with van der Waals surface area (Å²) in [5, 5.41) is 14.1. The summed E-state index contributed by atoms with van der Waals surface area (Å²) in [6.07, 6.45) is 2.72. The molecular formula is C22H14Cl2N4O3. The first kappa shape index (κ1) is 20.6. The van der Waals surface area contributed by atoms with Crippen molar-refractivity contribution in [2.45, 2.75) is 0 Å². The van der Waals surface area contributed by atoms with Gasteiger partial charge in [-0.25, -0.2) is 4.98 Å². The molecule has 7 nitrogen and oxygen atoms in total. The zero-order valence-electron chi connectivity index (χ0n) is 15.8. The van der Waals surface area contributed by atoms with Crippen LogP contribution in [0.3, 0.4) is 0 Å². The van der Waals surface area contributed by atoms with Gasteiger partial charge in [-0.2, -0.15) is 0 Å². The molecule has 0 spiro atoms. The van der Waals surface area contributed by atoms with E-state index in [1.54, 1.807) is 24.3 Å². The van der Waals surface area contributed by atoms with Gasteiger partial charge < -0.3 is 10.3 Å². The number of carbonyl (C=O) groups excluding carboxylic acids is 1. The highest BCUT2D eigenvalue weighted by Gasteiger charge is 2.12. The number of aromatic amines is 1. The number of para-hydroxylation sites is 2. The van der Waals surface area contributed by atoms with E-state index in [1.807, 2.05) is 24.3 Å². The fourth-order valence-corrected chi connectivity index (χ4v) is 3.33. The SMILES string of the molecule is O=C(/C=C/c1ccc(Cl)c([N+](=O)[O-])c1)Nc1cc(-c2nc3ccccc3[nH]2)ccc1Cl. The molecule has 4 aromatic rings. The molecule has 0 unspecified atom stereocenters. The van der Waals surface area contributed by atoms with Gasteiger partial charge in [0, 0.05) is 17.7 Å². The second kappa shape index (κ2) is 8.59. The topological polar surface area (TPSA) is 101 Å². The van der Waals surface area contributed by atoms with Gasteiger partial charge in [0.05, 0.1) is 26.7 Å². The first-order chi connectivity index (χ1) is 14.9. The molecule has 0 bridgehead atoms. The number of amides is 1. The van der Waals surface area contributed by atoms with E-state index in [0.717, 1.165) is 16.6 Å². The molecule has 1 amide bonds. The zero-order valence-corrected chi connectivity index (χ0v) is 17.3. The van der Waals surface area contributed by atoms with Crippen LogP contribution >= 0.6 is 23.2 Å². The number of nitrogens with one attached hydrogen (secondary N) is 2. The van der Waals surface area contributed by atoms with E-state index in [-0.39, 0.29) is 10.7 Å². The second-order valence-electron chi connectivity index (χ2n) is 6.59. The third kappa shape index (κ3) is 4.58. The van der Waals surface area contributed by atoms with E-state index in [0.29, 0.717) is 22.1 Å². The number of aromatic nitrogens is 2. The lowest BCUT2D eigenvalue weighted by Gasteiger charge is -2.07. The maximum Gasteiger partial charge on any atom is 0.288 e. The molecule has 1 aromatic heterocycles. The molecule has 0 aliphatic heterocycles. The first-order valence-electron chi connectivity index (χ1n) is 9.08. The van der Waals surface area contributed by atoms with Gasteiger partial charge >= 0.3 is 0 Å². The van der Waals surface area contributed by atoms with Crippen molar-refractivity contribution in [1.82, 2.24) is 9.97 Å². The van der Waals surface area contributed by atoms with Crippen molar-refractivity contribution in [3.63, 3.8) is 0 Å². The highest BCUT2D eigenvalue weighted by Crippen LogP contribution is 2.29. The van der Waals surface area contributed by atoms with Crippen LogP contribution in [0.4, 0.5) is 11.4 Å². The molecule has 0 aliphatic rings. The standard InChI is InChI=1S/C22H14Cl2N4O3/c23-15-9-7-14(22-26-17-3-1-2-4-18(17)27-22)12-19(15)25-21(29)10-6-13-5-8-16(24)20(11-13)28(30)31/h1-12H,(H,25,29)(H,26,27)/b10-6+. The number of halogens is 2. The minimum absolute atomic E-state index is 0.0285. The van der Waals surface area contributed by atoms with Gasteiger partial charge in [-0.1, -0.05) is 41.4 Å². The average molecular weight is 453 g/mol. The Hall–Kier alpha value is -3.68. The Morgan fingerprint density at radius 1 is 1.06 bits per heavy atom. The van der Waals surface area contributed by atoms with Gasteiger partial charge in [-0.3, -0.25) is 14.9 Å². The number of imidazole rings is 1. The van der Waals surface area contributed by atoms with E-state index in [2.05, 4.69) is 15.3 Å². The number of nitrogens with zero attached hydrogens (tertiary/aromatic N) is 2. The smallest absolute Gasteiger partial charge is 0.288 e. The van der Waals surface area contributed by atoms with E-state index < -0.39 is 10.8 Å². The molecule has 0 saturated carbocycles. The predicted molar refractivity (Wildman–Crippen MR) is 122 cm³/mol. The molecule has 9 heteroatoms. The summed E-state index contributed by atoms with van der Waals surface area (Å²) in [6.45, 7) is 0. The Morgan fingerprint density at radius 3 is 2.61 bits per heavy atom. The summed E-state index contributed by atoms with van der Waals surface area (Å²) in [7, 11) is 0. The van der Waals surface area contributed by atoms with Crippen molar-refractivity contribution < 1.29 is 9.72 Å². The predicted octanol–water partition coefficient (Wildman–Crippen LogP) is 6.10. The second-order valence-corrected chi connectivity index (χ2v) is 7.40. The molecule has 3 aromatic carbocycles. The third-order valence-electron chi connectivity index (χ3n) is 4.48. The Balaban J connectivity index is 1.54. The number of hydrogen-bond acceptors (Lipinski definition) is 4. The first-order valence-corrected chi connectivity index (χ1v) is 9.84. The Labute approximate surface area is 186 Å². The maximum atomic E-state index is 12.4. The average Bonchev–Trinajstić information content (AvgIpc) is 3.19. The fraction of sp³-hybridized carbons (Fsp3) is 0. The molecule has 0 saturated heterocycles. The van der Waals surface area contributed by atoms with Crippen LogP contribution in [-0.4, -0.2) is 20.8 Å². The highest BCUT2D eigenvalue weighted by molar-refractivity contribution is 6.34. The van der Waals surface area contributed by atoms with Gasteiger partial charge in [0.25, 0.3) is 5.69 Å². The van der Waals surface area contributed by atoms with Gasteiger partial charge in [-0.15, -0.1) is 0 Å². The molecule has 0 aliphatic carbocycles. The van der Waals surface area contributed by atoms with Gasteiger partial charge in [0.15, 0.2) is 0 Å².